The Balaban J connectivity index is 1.86. The highest BCUT2D eigenvalue weighted by Crippen LogP contribution is 2.25. The van der Waals surface area contributed by atoms with Crippen LogP contribution in [0.25, 0.3) is 10.6 Å². The van der Waals surface area contributed by atoms with Gasteiger partial charge in [-0.2, -0.15) is 0 Å². The van der Waals surface area contributed by atoms with Gasteiger partial charge in [-0.25, -0.2) is 9.78 Å². The van der Waals surface area contributed by atoms with E-state index in [1.807, 2.05) is 29.6 Å². The molecular formula is C16H17N3O5S. The number of urea groups is 1. The molecule has 1 aromatic heterocycles. The van der Waals surface area contributed by atoms with E-state index in [1.54, 1.807) is 12.5 Å². The van der Waals surface area contributed by atoms with Crippen LogP contribution in [-0.4, -0.2) is 43.7 Å². The van der Waals surface area contributed by atoms with Crippen LogP contribution in [0.3, 0.4) is 0 Å². The minimum atomic E-state index is -0.704. The number of carbonyl (C=O) groups is 3. The lowest BCUT2D eigenvalue weighted by atomic mass is 10.2. The van der Waals surface area contributed by atoms with Crippen molar-refractivity contribution in [2.75, 3.05) is 20.8 Å². The first-order valence-corrected chi connectivity index (χ1v) is 8.15. The second-order valence-corrected chi connectivity index (χ2v) is 5.70. The van der Waals surface area contributed by atoms with Gasteiger partial charge in [0, 0.05) is 18.0 Å². The van der Waals surface area contributed by atoms with E-state index in [0.717, 1.165) is 16.3 Å². The Hall–Kier alpha value is -2.94. The Morgan fingerprint density at radius 2 is 1.92 bits per heavy atom. The highest BCUT2D eigenvalue weighted by molar-refractivity contribution is 7.13. The van der Waals surface area contributed by atoms with Crippen LogP contribution in [0.15, 0.2) is 29.6 Å². The molecule has 0 radical (unpaired) electrons. The van der Waals surface area contributed by atoms with Crippen molar-refractivity contribution in [2.45, 2.75) is 6.42 Å². The van der Waals surface area contributed by atoms with Gasteiger partial charge in [-0.15, -0.1) is 11.3 Å². The van der Waals surface area contributed by atoms with Gasteiger partial charge in [0.25, 0.3) is 5.91 Å². The van der Waals surface area contributed by atoms with Crippen molar-refractivity contribution in [2.24, 2.45) is 0 Å². The maximum atomic E-state index is 11.7. The van der Waals surface area contributed by atoms with Crippen molar-refractivity contribution in [1.29, 1.82) is 0 Å². The Morgan fingerprint density at radius 3 is 2.56 bits per heavy atom. The van der Waals surface area contributed by atoms with Gasteiger partial charge in [0.15, 0.2) is 6.61 Å². The molecule has 25 heavy (non-hydrogen) atoms. The number of benzene rings is 1. The van der Waals surface area contributed by atoms with Gasteiger partial charge in [-0.1, -0.05) is 0 Å². The van der Waals surface area contributed by atoms with Crippen molar-refractivity contribution in [1.82, 2.24) is 15.6 Å². The lowest BCUT2D eigenvalue weighted by Crippen LogP contribution is -2.39. The first kappa shape index (κ1) is 18.4. The fourth-order valence-electron chi connectivity index (χ4n) is 1.82. The fourth-order valence-corrected chi connectivity index (χ4v) is 2.65. The number of hydrogen-bond donors (Lipinski definition) is 2. The maximum Gasteiger partial charge on any atom is 0.321 e. The zero-order valence-electron chi connectivity index (χ0n) is 13.7. The van der Waals surface area contributed by atoms with E-state index in [1.165, 1.54) is 18.4 Å². The summed E-state index contributed by atoms with van der Waals surface area (Å²) in [5.74, 6) is -0.553. The molecule has 0 fully saturated rings. The van der Waals surface area contributed by atoms with E-state index in [-0.39, 0.29) is 6.42 Å². The van der Waals surface area contributed by atoms with Gasteiger partial charge < -0.3 is 14.8 Å². The van der Waals surface area contributed by atoms with E-state index in [0.29, 0.717) is 5.69 Å². The second kappa shape index (κ2) is 8.78. The van der Waals surface area contributed by atoms with E-state index >= 15 is 0 Å². The van der Waals surface area contributed by atoms with Crippen molar-refractivity contribution < 1.29 is 23.9 Å². The molecule has 0 spiro atoms. The molecule has 0 aliphatic carbocycles. The molecule has 0 unspecified atom stereocenters. The summed E-state index contributed by atoms with van der Waals surface area (Å²) in [7, 11) is 2.97. The lowest BCUT2D eigenvalue weighted by Gasteiger charge is -2.04. The highest BCUT2D eigenvalue weighted by atomic mass is 32.1. The molecule has 2 N–H and O–H groups in total. The SMILES string of the molecule is CNC(=O)NC(=O)COC(=O)Cc1csc(-c2ccc(OC)cc2)n1. The zero-order chi connectivity index (χ0) is 18.2. The van der Waals surface area contributed by atoms with Crippen LogP contribution in [0.4, 0.5) is 4.79 Å². The molecule has 9 heteroatoms. The summed E-state index contributed by atoms with van der Waals surface area (Å²) in [4.78, 5) is 38.4. The summed E-state index contributed by atoms with van der Waals surface area (Å²) in [6, 6.07) is 6.75. The summed E-state index contributed by atoms with van der Waals surface area (Å²) in [6.07, 6.45) is -0.0556. The molecule has 2 rings (SSSR count). The van der Waals surface area contributed by atoms with E-state index < -0.39 is 24.5 Å². The normalized spacial score (nSPS) is 10.0. The van der Waals surface area contributed by atoms with Crippen LogP contribution in [0.2, 0.25) is 0 Å². The number of carbonyl (C=O) groups excluding carboxylic acids is 3. The third-order valence-electron chi connectivity index (χ3n) is 3.06. The number of aromatic nitrogens is 1. The Bertz CT molecular complexity index is 757. The Labute approximate surface area is 148 Å². The van der Waals surface area contributed by atoms with E-state index in [2.05, 4.69) is 10.3 Å². The van der Waals surface area contributed by atoms with Crippen molar-refractivity contribution in [3.63, 3.8) is 0 Å². The number of hydrogen-bond acceptors (Lipinski definition) is 7. The standard InChI is InChI=1S/C16H17N3O5S/c1-17-16(22)19-13(20)8-24-14(21)7-11-9-25-15(18-11)10-3-5-12(23-2)6-4-10/h3-6,9H,7-8H2,1-2H3,(H2,17,19,20,22). The quantitative estimate of drug-likeness (QED) is 0.751. The Morgan fingerprint density at radius 1 is 1.20 bits per heavy atom. The van der Waals surface area contributed by atoms with Crippen LogP contribution in [-0.2, 0) is 20.7 Å². The van der Waals surface area contributed by atoms with Crippen LogP contribution >= 0.6 is 11.3 Å². The molecule has 3 amide bonds. The molecule has 0 atom stereocenters. The average molecular weight is 363 g/mol. The van der Waals surface area contributed by atoms with Crippen LogP contribution < -0.4 is 15.4 Å². The number of methoxy groups -OCH3 is 1. The highest BCUT2D eigenvalue weighted by Gasteiger charge is 2.13. The number of rotatable bonds is 6. The molecule has 1 heterocycles. The maximum absolute atomic E-state index is 11.7. The largest absolute Gasteiger partial charge is 0.497 e. The molecule has 2 aromatic rings. The minimum Gasteiger partial charge on any atom is -0.497 e. The molecule has 0 saturated heterocycles. The van der Waals surface area contributed by atoms with Crippen LogP contribution in [0.1, 0.15) is 5.69 Å². The number of esters is 1. The van der Waals surface area contributed by atoms with Gasteiger partial charge >= 0.3 is 12.0 Å². The molecular weight excluding hydrogens is 346 g/mol. The molecule has 132 valence electrons. The number of ether oxygens (including phenoxy) is 2. The number of nitrogens with one attached hydrogen (secondary N) is 2. The summed E-state index contributed by atoms with van der Waals surface area (Å²) >= 11 is 1.40. The van der Waals surface area contributed by atoms with Gasteiger partial charge in [-0.05, 0) is 24.3 Å². The van der Waals surface area contributed by atoms with Gasteiger partial charge in [-0.3, -0.25) is 14.9 Å². The fraction of sp³-hybridized carbons (Fsp3) is 0.250. The molecule has 0 bridgehead atoms. The first-order chi connectivity index (χ1) is 12.0. The predicted octanol–water partition coefficient (Wildman–Crippen LogP) is 1.36. The summed E-state index contributed by atoms with van der Waals surface area (Å²) < 4.78 is 9.92. The molecule has 1 aromatic carbocycles. The summed E-state index contributed by atoms with van der Waals surface area (Å²) in [5, 5.41) is 6.74. The number of amides is 3. The number of thiazole rings is 1. The second-order valence-electron chi connectivity index (χ2n) is 4.84. The Kier molecular flexibility index (Phi) is 6.47. The van der Waals surface area contributed by atoms with E-state index in [9.17, 15) is 14.4 Å². The summed E-state index contributed by atoms with van der Waals surface area (Å²) in [5.41, 5.74) is 1.46. The van der Waals surface area contributed by atoms with Crippen LogP contribution in [0.5, 0.6) is 5.75 Å². The molecule has 8 nitrogen and oxygen atoms in total. The molecule has 0 aliphatic heterocycles. The van der Waals surface area contributed by atoms with Crippen molar-refractivity contribution >= 4 is 29.2 Å². The van der Waals surface area contributed by atoms with Crippen molar-refractivity contribution in [3.8, 4) is 16.3 Å². The first-order valence-electron chi connectivity index (χ1n) is 7.28. The third kappa shape index (κ3) is 5.57. The minimum absolute atomic E-state index is 0.0556. The third-order valence-corrected chi connectivity index (χ3v) is 4.00. The van der Waals surface area contributed by atoms with Crippen molar-refractivity contribution in [3.05, 3.63) is 35.3 Å². The number of nitrogens with zero attached hydrogens (tertiary/aromatic N) is 1. The smallest absolute Gasteiger partial charge is 0.321 e. The zero-order valence-corrected chi connectivity index (χ0v) is 14.5. The summed E-state index contributed by atoms with van der Waals surface area (Å²) in [6.45, 7) is -0.526. The topological polar surface area (TPSA) is 107 Å². The monoisotopic (exact) mass is 363 g/mol. The number of imide groups is 1. The van der Waals surface area contributed by atoms with E-state index in [4.69, 9.17) is 9.47 Å². The predicted molar refractivity (Wildman–Crippen MR) is 91.4 cm³/mol. The average Bonchev–Trinajstić information content (AvgIpc) is 3.08. The molecule has 0 saturated carbocycles. The van der Waals surface area contributed by atoms with Gasteiger partial charge in [0.2, 0.25) is 0 Å². The van der Waals surface area contributed by atoms with Gasteiger partial charge in [0.05, 0.1) is 19.2 Å². The molecule has 0 aliphatic rings. The van der Waals surface area contributed by atoms with Crippen LogP contribution in [0, 0.1) is 0 Å². The lowest BCUT2D eigenvalue weighted by molar-refractivity contribution is -0.147. The van der Waals surface area contributed by atoms with Gasteiger partial charge in [0.1, 0.15) is 10.8 Å².